The second-order valence-corrected chi connectivity index (χ2v) is 4.59. The maximum atomic E-state index is 13.1. The van der Waals surface area contributed by atoms with Crippen molar-refractivity contribution in [3.8, 4) is 5.75 Å². The molecule has 19 heavy (non-hydrogen) atoms. The SMILES string of the molecule is O[C@H]1CC(c2ccc(F)cc2)Oc2ccc(F)cc21. The van der Waals surface area contributed by atoms with Crippen LogP contribution in [0.25, 0.3) is 0 Å². The Morgan fingerprint density at radius 3 is 2.42 bits per heavy atom. The van der Waals surface area contributed by atoms with Crippen molar-refractivity contribution in [3.05, 3.63) is 65.2 Å². The fourth-order valence-corrected chi connectivity index (χ4v) is 2.30. The Labute approximate surface area is 109 Å². The van der Waals surface area contributed by atoms with Gasteiger partial charge in [-0.05, 0) is 35.9 Å². The minimum Gasteiger partial charge on any atom is -0.485 e. The highest BCUT2D eigenvalue weighted by atomic mass is 19.1. The van der Waals surface area contributed by atoms with Crippen LogP contribution in [0.5, 0.6) is 5.75 Å². The lowest BCUT2D eigenvalue weighted by molar-refractivity contribution is 0.0653. The van der Waals surface area contributed by atoms with Gasteiger partial charge in [-0.1, -0.05) is 12.1 Å². The van der Waals surface area contributed by atoms with Crippen LogP contribution in [-0.2, 0) is 0 Å². The van der Waals surface area contributed by atoms with Gasteiger partial charge in [0.25, 0.3) is 0 Å². The van der Waals surface area contributed by atoms with Gasteiger partial charge in [-0.3, -0.25) is 0 Å². The van der Waals surface area contributed by atoms with Gasteiger partial charge in [0.1, 0.15) is 23.5 Å². The van der Waals surface area contributed by atoms with Gasteiger partial charge in [-0.15, -0.1) is 0 Å². The summed E-state index contributed by atoms with van der Waals surface area (Å²) in [6.45, 7) is 0. The van der Waals surface area contributed by atoms with Gasteiger partial charge in [-0.2, -0.15) is 0 Å². The van der Waals surface area contributed by atoms with Crippen molar-refractivity contribution < 1.29 is 18.6 Å². The largest absolute Gasteiger partial charge is 0.485 e. The van der Waals surface area contributed by atoms with Gasteiger partial charge < -0.3 is 9.84 Å². The summed E-state index contributed by atoms with van der Waals surface area (Å²) in [5, 5.41) is 10.1. The first-order valence-corrected chi connectivity index (χ1v) is 6.03. The molecule has 2 aromatic rings. The van der Waals surface area contributed by atoms with Crippen LogP contribution in [-0.4, -0.2) is 5.11 Å². The van der Waals surface area contributed by atoms with E-state index in [0.717, 1.165) is 5.56 Å². The third kappa shape index (κ3) is 2.31. The maximum Gasteiger partial charge on any atom is 0.127 e. The predicted molar refractivity (Wildman–Crippen MR) is 65.7 cm³/mol. The Balaban J connectivity index is 1.92. The molecular weight excluding hydrogens is 250 g/mol. The number of hydrogen-bond donors (Lipinski definition) is 1. The summed E-state index contributed by atoms with van der Waals surface area (Å²) in [6, 6.07) is 10.0. The van der Waals surface area contributed by atoms with E-state index in [1.165, 1.54) is 30.3 Å². The zero-order valence-electron chi connectivity index (χ0n) is 10.0. The molecule has 2 atom stereocenters. The Morgan fingerprint density at radius 2 is 1.68 bits per heavy atom. The second-order valence-electron chi connectivity index (χ2n) is 4.59. The molecule has 3 rings (SSSR count). The molecule has 0 aromatic heterocycles. The molecule has 1 unspecified atom stereocenters. The Morgan fingerprint density at radius 1 is 1.00 bits per heavy atom. The number of ether oxygens (including phenoxy) is 1. The predicted octanol–water partition coefficient (Wildman–Crippen LogP) is 3.52. The summed E-state index contributed by atoms with van der Waals surface area (Å²) in [4.78, 5) is 0. The molecule has 0 spiro atoms. The van der Waals surface area contributed by atoms with Crippen LogP contribution >= 0.6 is 0 Å². The van der Waals surface area contributed by atoms with E-state index >= 15 is 0 Å². The highest BCUT2D eigenvalue weighted by Gasteiger charge is 2.28. The Kier molecular flexibility index (Phi) is 2.95. The van der Waals surface area contributed by atoms with Crippen molar-refractivity contribution in [2.45, 2.75) is 18.6 Å². The first-order valence-electron chi connectivity index (χ1n) is 6.03. The molecule has 1 aliphatic rings. The van der Waals surface area contributed by atoms with E-state index in [4.69, 9.17) is 4.74 Å². The van der Waals surface area contributed by atoms with E-state index in [1.807, 2.05) is 0 Å². The zero-order chi connectivity index (χ0) is 13.4. The first-order chi connectivity index (χ1) is 9.13. The fourth-order valence-electron chi connectivity index (χ4n) is 2.30. The van der Waals surface area contributed by atoms with Crippen LogP contribution in [0.1, 0.15) is 29.8 Å². The van der Waals surface area contributed by atoms with Gasteiger partial charge in [-0.25, -0.2) is 8.78 Å². The monoisotopic (exact) mass is 262 g/mol. The normalized spacial score (nSPS) is 21.6. The van der Waals surface area contributed by atoms with Gasteiger partial charge >= 0.3 is 0 Å². The molecule has 0 radical (unpaired) electrons. The molecule has 4 heteroatoms. The lowest BCUT2D eigenvalue weighted by Crippen LogP contribution is -2.19. The fraction of sp³-hybridized carbons (Fsp3) is 0.200. The number of hydrogen-bond acceptors (Lipinski definition) is 2. The van der Waals surface area contributed by atoms with Crippen molar-refractivity contribution in [1.82, 2.24) is 0 Å². The quantitative estimate of drug-likeness (QED) is 0.852. The van der Waals surface area contributed by atoms with Gasteiger partial charge in [0, 0.05) is 12.0 Å². The van der Waals surface area contributed by atoms with Crippen LogP contribution < -0.4 is 4.74 Å². The molecule has 0 amide bonds. The summed E-state index contributed by atoms with van der Waals surface area (Å²) in [5.41, 5.74) is 1.24. The van der Waals surface area contributed by atoms with E-state index in [0.29, 0.717) is 17.7 Å². The number of aliphatic hydroxyl groups is 1. The standard InChI is InChI=1S/C15H12F2O2/c16-10-3-1-9(2-4-10)15-8-13(18)12-7-11(17)5-6-14(12)19-15/h1-7,13,15,18H,8H2/t13-,15?/m0/s1. The van der Waals surface area contributed by atoms with E-state index in [9.17, 15) is 13.9 Å². The molecule has 0 fully saturated rings. The molecule has 1 aliphatic heterocycles. The number of aliphatic hydroxyl groups excluding tert-OH is 1. The topological polar surface area (TPSA) is 29.5 Å². The molecule has 0 aliphatic carbocycles. The Bertz CT molecular complexity index is 596. The van der Waals surface area contributed by atoms with Gasteiger partial charge in [0.15, 0.2) is 0 Å². The molecule has 1 heterocycles. The third-order valence-corrected chi connectivity index (χ3v) is 3.28. The van der Waals surface area contributed by atoms with Gasteiger partial charge in [0.2, 0.25) is 0 Å². The van der Waals surface area contributed by atoms with E-state index in [2.05, 4.69) is 0 Å². The highest BCUT2D eigenvalue weighted by Crippen LogP contribution is 2.40. The van der Waals surface area contributed by atoms with E-state index < -0.39 is 11.9 Å². The van der Waals surface area contributed by atoms with Crippen LogP contribution in [0, 0.1) is 11.6 Å². The van der Waals surface area contributed by atoms with Crippen molar-refractivity contribution in [2.75, 3.05) is 0 Å². The molecule has 1 N–H and O–H groups in total. The van der Waals surface area contributed by atoms with Crippen LogP contribution in [0.3, 0.4) is 0 Å². The van der Waals surface area contributed by atoms with Crippen molar-refractivity contribution in [3.63, 3.8) is 0 Å². The average molecular weight is 262 g/mol. The Hall–Kier alpha value is -1.94. The number of benzene rings is 2. The molecule has 0 saturated heterocycles. The minimum absolute atomic E-state index is 0.317. The summed E-state index contributed by atoms with van der Waals surface area (Å²) in [6.07, 6.45) is -0.815. The summed E-state index contributed by atoms with van der Waals surface area (Å²) in [7, 11) is 0. The lowest BCUT2D eigenvalue weighted by Gasteiger charge is -2.29. The number of halogens is 2. The van der Waals surface area contributed by atoms with Crippen LogP contribution in [0.2, 0.25) is 0 Å². The highest BCUT2D eigenvalue weighted by molar-refractivity contribution is 5.38. The maximum absolute atomic E-state index is 13.1. The summed E-state index contributed by atoms with van der Waals surface area (Å²) >= 11 is 0. The lowest BCUT2D eigenvalue weighted by atomic mass is 9.95. The van der Waals surface area contributed by atoms with E-state index in [-0.39, 0.29) is 11.9 Å². The van der Waals surface area contributed by atoms with Crippen LogP contribution in [0.4, 0.5) is 8.78 Å². The zero-order valence-corrected chi connectivity index (χ0v) is 10.0. The molecule has 0 bridgehead atoms. The second kappa shape index (κ2) is 4.63. The van der Waals surface area contributed by atoms with Gasteiger partial charge in [0.05, 0.1) is 6.10 Å². The number of rotatable bonds is 1. The van der Waals surface area contributed by atoms with Crippen molar-refractivity contribution in [1.29, 1.82) is 0 Å². The first kappa shape index (κ1) is 12.1. The van der Waals surface area contributed by atoms with Crippen molar-refractivity contribution >= 4 is 0 Å². The smallest absolute Gasteiger partial charge is 0.127 e. The number of fused-ring (bicyclic) bond motifs is 1. The average Bonchev–Trinajstić information content (AvgIpc) is 2.40. The molecule has 98 valence electrons. The summed E-state index contributed by atoms with van der Waals surface area (Å²) in [5.74, 6) is -0.251. The minimum atomic E-state index is -0.783. The van der Waals surface area contributed by atoms with Crippen LogP contribution in [0.15, 0.2) is 42.5 Å². The molecule has 0 saturated carbocycles. The molecule has 2 nitrogen and oxygen atoms in total. The van der Waals surface area contributed by atoms with E-state index in [1.54, 1.807) is 12.1 Å². The summed E-state index contributed by atoms with van der Waals surface area (Å²) < 4.78 is 31.7. The molecular formula is C15H12F2O2. The third-order valence-electron chi connectivity index (χ3n) is 3.28. The van der Waals surface area contributed by atoms with Crippen molar-refractivity contribution in [2.24, 2.45) is 0 Å². The molecule has 2 aromatic carbocycles.